The zero-order valence-electron chi connectivity index (χ0n) is 17.3. The highest BCUT2D eigenvalue weighted by Gasteiger charge is 2.24. The summed E-state index contributed by atoms with van der Waals surface area (Å²) in [6, 6.07) is 11.1. The van der Waals surface area contributed by atoms with Gasteiger partial charge in [-0.3, -0.25) is 15.0 Å². The average molecular weight is 384 g/mol. The van der Waals surface area contributed by atoms with Gasteiger partial charge in [0.05, 0.1) is 0 Å². The Hall–Kier alpha value is -2.41. The highest BCUT2D eigenvalue weighted by atomic mass is 15.3. The molecule has 1 aliphatic rings. The van der Waals surface area contributed by atoms with Crippen LogP contribution in [0.4, 0.5) is 0 Å². The van der Waals surface area contributed by atoms with Gasteiger partial charge in [-0.05, 0) is 38.8 Å². The number of rotatable bonds is 7. The molecule has 0 amide bonds. The first-order chi connectivity index (χ1) is 13.7. The summed E-state index contributed by atoms with van der Waals surface area (Å²) in [4.78, 5) is 13.6. The molecule has 1 atom stereocenters. The third-order valence-electron chi connectivity index (χ3n) is 5.70. The number of nitrogens with one attached hydrogen (secondary N) is 2. The maximum atomic E-state index is 4.49. The number of aromatic amines is 1. The van der Waals surface area contributed by atoms with E-state index in [9.17, 15) is 0 Å². The molecule has 1 saturated heterocycles. The molecule has 0 aliphatic carbocycles. The minimum atomic E-state index is 0.475. The molecule has 0 radical (unpaired) electrons. The maximum absolute atomic E-state index is 4.49. The van der Waals surface area contributed by atoms with Gasteiger partial charge in [-0.25, -0.2) is 4.98 Å². The van der Waals surface area contributed by atoms with Crippen molar-refractivity contribution in [2.24, 2.45) is 4.99 Å². The zero-order valence-corrected chi connectivity index (χ0v) is 17.3. The topological polar surface area (TPSA) is 72.4 Å². The van der Waals surface area contributed by atoms with Gasteiger partial charge in [0.15, 0.2) is 5.96 Å². The number of benzene rings is 1. The fourth-order valence-corrected chi connectivity index (χ4v) is 3.75. The molecular formula is C21H33N7. The monoisotopic (exact) mass is 383 g/mol. The van der Waals surface area contributed by atoms with Crippen molar-refractivity contribution in [1.82, 2.24) is 30.3 Å². The number of piperidine rings is 1. The summed E-state index contributed by atoms with van der Waals surface area (Å²) in [5, 5.41) is 10.5. The summed E-state index contributed by atoms with van der Waals surface area (Å²) < 4.78 is 0. The first-order valence-electron chi connectivity index (χ1n) is 10.2. The minimum absolute atomic E-state index is 0.475. The van der Waals surface area contributed by atoms with E-state index in [2.05, 4.69) is 79.6 Å². The first-order valence-corrected chi connectivity index (χ1v) is 10.2. The Bertz CT molecular complexity index is 706. The maximum Gasteiger partial charge on any atom is 0.193 e. The summed E-state index contributed by atoms with van der Waals surface area (Å²) in [6.07, 6.45) is 4.83. The first kappa shape index (κ1) is 20.3. The van der Waals surface area contributed by atoms with E-state index >= 15 is 0 Å². The summed E-state index contributed by atoms with van der Waals surface area (Å²) in [5.74, 6) is 2.50. The standard InChI is InChI=1S/C21H33N7/c1-17(27(3)15-18-7-5-4-6-8-18)9-12-23-21(22-2)28-13-10-19(11-14-28)20-24-16-25-26-20/h4-8,16-17,19H,9-15H2,1-3H3,(H,22,23)(H,24,25,26). The van der Waals surface area contributed by atoms with Gasteiger partial charge in [0, 0.05) is 45.2 Å². The van der Waals surface area contributed by atoms with E-state index < -0.39 is 0 Å². The van der Waals surface area contributed by atoms with E-state index in [1.54, 1.807) is 6.33 Å². The summed E-state index contributed by atoms with van der Waals surface area (Å²) in [6.45, 7) is 6.18. The highest BCUT2D eigenvalue weighted by Crippen LogP contribution is 2.24. The molecule has 3 rings (SSSR count). The average Bonchev–Trinajstić information content (AvgIpc) is 3.27. The second-order valence-corrected chi connectivity index (χ2v) is 7.64. The molecule has 0 saturated carbocycles. The Morgan fingerprint density at radius 1 is 1.32 bits per heavy atom. The van der Waals surface area contributed by atoms with E-state index in [1.807, 2.05) is 7.05 Å². The van der Waals surface area contributed by atoms with Gasteiger partial charge in [0.25, 0.3) is 0 Å². The number of guanidine groups is 1. The van der Waals surface area contributed by atoms with Crippen molar-refractivity contribution in [2.45, 2.75) is 44.7 Å². The van der Waals surface area contributed by atoms with Gasteiger partial charge < -0.3 is 10.2 Å². The Balaban J connectivity index is 1.39. The van der Waals surface area contributed by atoms with Gasteiger partial charge in [0.1, 0.15) is 12.2 Å². The lowest BCUT2D eigenvalue weighted by Gasteiger charge is -2.33. The SMILES string of the molecule is CN=C(NCCC(C)N(C)Cc1ccccc1)N1CCC(c2ncn[nH]2)CC1. The molecule has 0 spiro atoms. The number of nitrogens with zero attached hydrogens (tertiary/aromatic N) is 5. The van der Waals surface area contributed by atoms with Crippen LogP contribution in [0.3, 0.4) is 0 Å². The Kier molecular flexibility index (Phi) is 7.42. The summed E-state index contributed by atoms with van der Waals surface area (Å²) in [7, 11) is 4.07. The Morgan fingerprint density at radius 3 is 2.71 bits per heavy atom. The van der Waals surface area contributed by atoms with Crippen molar-refractivity contribution in [2.75, 3.05) is 33.7 Å². The third kappa shape index (κ3) is 5.55. The van der Waals surface area contributed by atoms with Gasteiger partial charge >= 0.3 is 0 Å². The largest absolute Gasteiger partial charge is 0.356 e. The summed E-state index contributed by atoms with van der Waals surface area (Å²) in [5.41, 5.74) is 1.36. The van der Waals surface area contributed by atoms with Crippen LogP contribution in [0.1, 0.15) is 43.5 Å². The van der Waals surface area contributed by atoms with Crippen molar-refractivity contribution in [3.8, 4) is 0 Å². The quantitative estimate of drug-likeness (QED) is 0.568. The molecule has 152 valence electrons. The van der Waals surface area contributed by atoms with Crippen molar-refractivity contribution >= 4 is 5.96 Å². The highest BCUT2D eigenvalue weighted by molar-refractivity contribution is 5.79. The van der Waals surface area contributed by atoms with Gasteiger partial charge in [-0.15, -0.1) is 0 Å². The van der Waals surface area contributed by atoms with Crippen molar-refractivity contribution in [1.29, 1.82) is 0 Å². The van der Waals surface area contributed by atoms with E-state index in [0.717, 1.165) is 57.2 Å². The van der Waals surface area contributed by atoms with Crippen LogP contribution < -0.4 is 5.32 Å². The fraction of sp³-hybridized carbons (Fsp3) is 0.571. The second kappa shape index (κ2) is 10.2. The predicted octanol–water partition coefficient (Wildman–Crippen LogP) is 2.47. The number of hydrogen-bond acceptors (Lipinski definition) is 4. The van der Waals surface area contributed by atoms with E-state index in [0.29, 0.717) is 12.0 Å². The minimum Gasteiger partial charge on any atom is -0.356 e. The second-order valence-electron chi connectivity index (χ2n) is 7.64. The summed E-state index contributed by atoms with van der Waals surface area (Å²) >= 11 is 0. The lowest BCUT2D eigenvalue weighted by atomic mass is 9.96. The van der Waals surface area contributed by atoms with E-state index in [-0.39, 0.29) is 0 Å². The fourth-order valence-electron chi connectivity index (χ4n) is 3.75. The molecular weight excluding hydrogens is 350 g/mol. The Labute approximate surface area is 168 Å². The molecule has 7 nitrogen and oxygen atoms in total. The van der Waals surface area contributed by atoms with Crippen LogP contribution in [0.2, 0.25) is 0 Å². The zero-order chi connectivity index (χ0) is 19.8. The van der Waals surface area contributed by atoms with Crippen LogP contribution in [-0.4, -0.2) is 70.7 Å². The molecule has 0 bridgehead atoms. The lowest BCUT2D eigenvalue weighted by Crippen LogP contribution is -2.46. The molecule has 1 aromatic heterocycles. The van der Waals surface area contributed by atoms with Crippen molar-refractivity contribution in [3.05, 3.63) is 48.0 Å². The van der Waals surface area contributed by atoms with Crippen LogP contribution in [0.5, 0.6) is 0 Å². The number of likely N-dealkylation sites (tertiary alicyclic amines) is 1. The van der Waals surface area contributed by atoms with Crippen LogP contribution in [0.25, 0.3) is 0 Å². The molecule has 1 unspecified atom stereocenters. The van der Waals surface area contributed by atoms with Crippen LogP contribution in [0, 0.1) is 0 Å². The molecule has 28 heavy (non-hydrogen) atoms. The molecule has 7 heteroatoms. The number of aromatic nitrogens is 3. The predicted molar refractivity (Wildman–Crippen MR) is 113 cm³/mol. The van der Waals surface area contributed by atoms with E-state index in [1.165, 1.54) is 5.56 Å². The molecule has 1 fully saturated rings. The van der Waals surface area contributed by atoms with Gasteiger partial charge in [-0.2, -0.15) is 5.10 Å². The Morgan fingerprint density at radius 2 is 2.07 bits per heavy atom. The molecule has 1 aliphatic heterocycles. The van der Waals surface area contributed by atoms with Crippen molar-refractivity contribution in [3.63, 3.8) is 0 Å². The number of H-pyrrole nitrogens is 1. The number of hydrogen-bond donors (Lipinski definition) is 2. The van der Waals surface area contributed by atoms with E-state index in [4.69, 9.17) is 0 Å². The lowest BCUT2D eigenvalue weighted by molar-refractivity contribution is 0.237. The van der Waals surface area contributed by atoms with Crippen LogP contribution in [-0.2, 0) is 6.54 Å². The number of aliphatic imine (C=N–C) groups is 1. The molecule has 1 aromatic carbocycles. The van der Waals surface area contributed by atoms with Crippen LogP contribution >= 0.6 is 0 Å². The van der Waals surface area contributed by atoms with Gasteiger partial charge in [0.2, 0.25) is 0 Å². The normalized spacial score (nSPS) is 17.1. The third-order valence-corrected chi connectivity index (χ3v) is 5.70. The molecule has 2 heterocycles. The van der Waals surface area contributed by atoms with Crippen molar-refractivity contribution < 1.29 is 0 Å². The molecule has 2 aromatic rings. The molecule has 2 N–H and O–H groups in total. The van der Waals surface area contributed by atoms with Crippen LogP contribution in [0.15, 0.2) is 41.7 Å². The van der Waals surface area contributed by atoms with Gasteiger partial charge in [-0.1, -0.05) is 30.3 Å². The smallest absolute Gasteiger partial charge is 0.193 e.